The molecular formula is C15H19BrF2N2O. The van der Waals surface area contributed by atoms with Gasteiger partial charge in [-0.3, -0.25) is 11.3 Å². The van der Waals surface area contributed by atoms with Gasteiger partial charge in [-0.25, -0.2) is 8.78 Å². The van der Waals surface area contributed by atoms with Crippen molar-refractivity contribution in [1.82, 2.24) is 5.43 Å². The highest BCUT2D eigenvalue weighted by atomic mass is 79.9. The van der Waals surface area contributed by atoms with Crippen molar-refractivity contribution in [3.8, 4) is 0 Å². The predicted octanol–water partition coefficient (Wildman–Crippen LogP) is 3.58. The molecule has 1 aliphatic heterocycles. The first kappa shape index (κ1) is 15.3. The Morgan fingerprint density at radius 1 is 1.33 bits per heavy atom. The van der Waals surface area contributed by atoms with Gasteiger partial charge in [0.25, 0.3) is 0 Å². The molecule has 0 amide bonds. The van der Waals surface area contributed by atoms with Crippen LogP contribution in [0, 0.1) is 17.6 Å². The third kappa shape index (κ3) is 2.86. The Morgan fingerprint density at radius 2 is 2.00 bits per heavy atom. The van der Waals surface area contributed by atoms with E-state index in [0.29, 0.717) is 11.1 Å². The molecule has 2 atom stereocenters. The van der Waals surface area contributed by atoms with Crippen molar-refractivity contribution in [3.63, 3.8) is 0 Å². The summed E-state index contributed by atoms with van der Waals surface area (Å²) in [4.78, 5) is 0. The molecule has 116 valence electrons. The number of halogens is 3. The monoisotopic (exact) mass is 360 g/mol. The van der Waals surface area contributed by atoms with Crippen molar-refractivity contribution in [1.29, 1.82) is 0 Å². The lowest BCUT2D eigenvalue weighted by Gasteiger charge is -2.48. The third-order valence-electron chi connectivity index (χ3n) is 4.80. The van der Waals surface area contributed by atoms with Gasteiger partial charge in [0.05, 0.1) is 11.6 Å². The zero-order chi connectivity index (χ0) is 15.0. The van der Waals surface area contributed by atoms with E-state index < -0.39 is 17.7 Å². The SMILES string of the molecule is NNC(c1c(F)cc(Br)cc1F)C1CCOC2(CCC2)C1. The number of nitrogens with one attached hydrogen (secondary N) is 1. The summed E-state index contributed by atoms with van der Waals surface area (Å²) in [7, 11) is 0. The van der Waals surface area contributed by atoms with Crippen molar-refractivity contribution < 1.29 is 13.5 Å². The molecule has 2 aliphatic rings. The van der Waals surface area contributed by atoms with Gasteiger partial charge in [-0.15, -0.1) is 0 Å². The van der Waals surface area contributed by atoms with Gasteiger partial charge in [0.2, 0.25) is 0 Å². The van der Waals surface area contributed by atoms with E-state index in [1.807, 2.05) is 0 Å². The fraction of sp³-hybridized carbons (Fsp3) is 0.600. The molecular weight excluding hydrogens is 342 g/mol. The second-order valence-electron chi connectivity index (χ2n) is 6.07. The van der Waals surface area contributed by atoms with Crippen LogP contribution in [0.4, 0.5) is 8.78 Å². The second-order valence-corrected chi connectivity index (χ2v) is 6.98. The van der Waals surface area contributed by atoms with Crippen LogP contribution in [-0.4, -0.2) is 12.2 Å². The molecule has 0 bridgehead atoms. The minimum Gasteiger partial charge on any atom is -0.375 e. The Morgan fingerprint density at radius 3 is 2.52 bits per heavy atom. The first-order chi connectivity index (χ1) is 10.0. The van der Waals surface area contributed by atoms with Gasteiger partial charge in [0.15, 0.2) is 0 Å². The zero-order valence-corrected chi connectivity index (χ0v) is 13.3. The van der Waals surface area contributed by atoms with Crippen LogP contribution >= 0.6 is 15.9 Å². The van der Waals surface area contributed by atoms with Crippen molar-refractivity contribution in [3.05, 3.63) is 33.8 Å². The Hall–Kier alpha value is -0.560. The van der Waals surface area contributed by atoms with Crippen LogP contribution in [0.5, 0.6) is 0 Å². The number of benzene rings is 1. The Kier molecular flexibility index (Phi) is 4.32. The predicted molar refractivity (Wildman–Crippen MR) is 79.4 cm³/mol. The molecule has 1 saturated carbocycles. The van der Waals surface area contributed by atoms with Crippen LogP contribution in [0.15, 0.2) is 16.6 Å². The van der Waals surface area contributed by atoms with E-state index in [9.17, 15) is 8.78 Å². The van der Waals surface area contributed by atoms with Crippen LogP contribution in [-0.2, 0) is 4.74 Å². The van der Waals surface area contributed by atoms with Crippen LogP contribution in [0.3, 0.4) is 0 Å². The summed E-state index contributed by atoms with van der Waals surface area (Å²) < 4.78 is 34.7. The van der Waals surface area contributed by atoms with Gasteiger partial charge in [-0.2, -0.15) is 0 Å². The molecule has 1 saturated heterocycles. The molecule has 3 nitrogen and oxygen atoms in total. The molecule has 3 rings (SSSR count). The van der Waals surface area contributed by atoms with Crippen LogP contribution in [0.2, 0.25) is 0 Å². The maximum absolute atomic E-state index is 14.2. The highest BCUT2D eigenvalue weighted by molar-refractivity contribution is 9.10. The topological polar surface area (TPSA) is 47.3 Å². The summed E-state index contributed by atoms with van der Waals surface area (Å²) in [6.45, 7) is 0.628. The lowest BCUT2D eigenvalue weighted by molar-refractivity contribution is -0.147. The fourth-order valence-corrected chi connectivity index (χ4v) is 3.98. The van der Waals surface area contributed by atoms with Gasteiger partial charge in [-0.1, -0.05) is 15.9 Å². The molecule has 0 aromatic heterocycles. The average molecular weight is 361 g/mol. The van der Waals surface area contributed by atoms with E-state index in [0.717, 1.165) is 32.1 Å². The molecule has 1 heterocycles. The summed E-state index contributed by atoms with van der Waals surface area (Å²) in [6.07, 6.45) is 4.79. The Bertz CT molecular complexity index is 513. The number of hydrazine groups is 1. The van der Waals surface area contributed by atoms with Gasteiger partial charge >= 0.3 is 0 Å². The molecule has 3 N–H and O–H groups in total. The van der Waals surface area contributed by atoms with Crippen molar-refractivity contribution >= 4 is 15.9 Å². The molecule has 2 unspecified atom stereocenters. The zero-order valence-electron chi connectivity index (χ0n) is 11.7. The van der Waals surface area contributed by atoms with Crippen LogP contribution < -0.4 is 11.3 Å². The quantitative estimate of drug-likeness (QED) is 0.639. The smallest absolute Gasteiger partial charge is 0.132 e. The first-order valence-electron chi connectivity index (χ1n) is 7.29. The van der Waals surface area contributed by atoms with E-state index in [-0.39, 0.29) is 17.1 Å². The summed E-state index contributed by atoms with van der Waals surface area (Å²) in [6, 6.07) is 2.03. The molecule has 6 heteroatoms. The molecule has 2 fully saturated rings. The summed E-state index contributed by atoms with van der Waals surface area (Å²) in [5, 5.41) is 0. The van der Waals surface area contributed by atoms with Gasteiger partial charge < -0.3 is 4.74 Å². The summed E-state index contributed by atoms with van der Waals surface area (Å²) in [5.74, 6) is 4.56. The number of hydrogen-bond acceptors (Lipinski definition) is 3. The van der Waals surface area contributed by atoms with Crippen molar-refractivity contribution in [2.75, 3.05) is 6.61 Å². The lowest BCUT2D eigenvalue weighted by Crippen LogP contribution is -2.49. The minimum atomic E-state index is -0.570. The van der Waals surface area contributed by atoms with E-state index in [4.69, 9.17) is 10.6 Å². The van der Waals surface area contributed by atoms with Crippen molar-refractivity contribution in [2.24, 2.45) is 11.8 Å². The van der Waals surface area contributed by atoms with E-state index >= 15 is 0 Å². The van der Waals surface area contributed by atoms with E-state index in [1.165, 1.54) is 12.1 Å². The number of nitrogens with two attached hydrogens (primary N) is 1. The van der Waals surface area contributed by atoms with Gasteiger partial charge in [-0.05, 0) is 50.2 Å². The Balaban J connectivity index is 1.88. The van der Waals surface area contributed by atoms with Crippen LogP contribution in [0.25, 0.3) is 0 Å². The number of hydrogen-bond donors (Lipinski definition) is 2. The maximum atomic E-state index is 14.2. The molecule has 0 radical (unpaired) electrons. The fourth-order valence-electron chi connectivity index (χ4n) is 3.58. The normalized spacial score (nSPS) is 25.6. The number of ether oxygens (including phenoxy) is 1. The highest BCUT2D eigenvalue weighted by Crippen LogP contribution is 2.47. The molecule has 1 aromatic rings. The average Bonchev–Trinajstić information content (AvgIpc) is 2.41. The second kappa shape index (κ2) is 5.91. The summed E-state index contributed by atoms with van der Waals surface area (Å²) >= 11 is 3.10. The van der Waals surface area contributed by atoms with E-state index in [1.54, 1.807) is 0 Å². The minimum absolute atomic E-state index is 0.0297. The molecule has 1 aromatic carbocycles. The first-order valence-corrected chi connectivity index (χ1v) is 8.08. The van der Waals surface area contributed by atoms with Crippen molar-refractivity contribution in [2.45, 2.75) is 43.7 Å². The molecule has 1 aliphatic carbocycles. The van der Waals surface area contributed by atoms with E-state index in [2.05, 4.69) is 21.4 Å². The third-order valence-corrected chi connectivity index (χ3v) is 5.26. The molecule has 1 spiro atoms. The Labute approximate surface area is 131 Å². The lowest BCUT2D eigenvalue weighted by atomic mass is 9.69. The van der Waals surface area contributed by atoms with Gasteiger partial charge in [0.1, 0.15) is 11.6 Å². The standard InChI is InChI=1S/C15H19BrF2N2O/c16-10-6-11(17)13(12(18)7-10)14(20-19)9-2-5-21-15(8-9)3-1-4-15/h6-7,9,14,20H,1-5,8,19H2. The van der Waals surface area contributed by atoms with Crippen LogP contribution in [0.1, 0.15) is 43.7 Å². The maximum Gasteiger partial charge on any atom is 0.132 e. The highest BCUT2D eigenvalue weighted by Gasteiger charge is 2.45. The largest absolute Gasteiger partial charge is 0.375 e. The van der Waals surface area contributed by atoms with Gasteiger partial charge in [0, 0.05) is 16.6 Å². The number of rotatable bonds is 3. The summed E-state index contributed by atoms with van der Waals surface area (Å²) in [5.41, 5.74) is 2.57. The molecule has 21 heavy (non-hydrogen) atoms.